The smallest absolute Gasteiger partial charge is 0.410 e. The molecule has 1 atom stereocenters. The number of nitrogens with one attached hydrogen (secondary N) is 1. The number of aliphatic hydroxyl groups excluding tert-OH is 1. The molecule has 9 heteroatoms. The van der Waals surface area contributed by atoms with Crippen molar-refractivity contribution in [2.24, 2.45) is 0 Å². The predicted octanol–water partition coefficient (Wildman–Crippen LogP) is 5.27. The number of benzene rings is 3. The van der Waals surface area contributed by atoms with Crippen LogP contribution in [0.5, 0.6) is 5.75 Å². The first kappa shape index (κ1) is 32.5. The summed E-state index contributed by atoms with van der Waals surface area (Å²) in [6.45, 7) is 10.6. The first-order valence-corrected chi connectivity index (χ1v) is 14.9. The van der Waals surface area contributed by atoms with Gasteiger partial charge in [0.2, 0.25) is 5.91 Å². The van der Waals surface area contributed by atoms with E-state index in [0.717, 1.165) is 38.9 Å². The Morgan fingerprint density at radius 1 is 0.955 bits per heavy atom. The summed E-state index contributed by atoms with van der Waals surface area (Å²) in [5.74, 6) is -0.452. The Balaban J connectivity index is 1.53. The van der Waals surface area contributed by atoms with E-state index in [9.17, 15) is 19.5 Å². The minimum atomic E-state index is -1.19. The zero-order valence-corrected chi connectivity index (χ0v) is 26.3. The van der Waals surface area contributed by atoms with Gasteiger partial charge in [0, 0.05) is 19.0 Å². The summed E-state index contributed by atoms with van der Waals surface area (Å²) in [6, 6.07) is 19.9. The van der Waals surface area contributed by atoms with E-state index in [4.69, 9.17) is 14.2 Å². The summed E-state index contributed by atoms with van der Waals surface area (Å²) in [5.41, 5.74) is 5.54. The van der Waals surface area contributed by atoms with Gasteiger partial charge >= 0.3 is 12.1 Å². The summed E-state index contributed by atoms with van der Waals surface area (Å²) in [6.07, 6.45) is -1.35. The predicted molar refractivity (Wildman–Crippen MR) is 167 cm³/mol. The van der Waals surface area contributed by atoms with E-state index in [1.807, 2.05) is 62.4 Å². The van der Waals surface area contributed by atoms with E-state index in [2.05, 4.69) is 17.4 Å². The molecule has 0 radical (unpaired) electrons. The van der Waals surface area contributed by atoms with Crippen LogP contribution in [0.1, 0.15) is 61.4 Å². The van der Waals surface area contributed by atoms with Crippen LogP contribution in [0.25, 0.3) is 11.1 Å². The molecule has 9 nitrogen and oxygen atoms in total. The van der Waals surface area contributed by atoms with Gasteiger partial charge in [-0.25, -0.2) is 9.59 Å². The Kier molecular flexibility index (Phi) is 10.3. The molecule has 0 saturated carbocycles. The fraction of sp³-hybridized carbons (Fsp3) is 0.400. The van der Waals surface area contributed by atoms with Crippen molar-refractivity contribution in [1.29, 1.82) is 0 Å². The molecule has 2 amide bonds. The lowest BCUT2D eigenvalue weighted by Gasteiger charge is -2.27. The zero-order valence-electron chi connectivity index (χ0n) is 26.3. The van der Waals surface area contributed by atoms with Gasteiger partial charge in [-0.1, -0.05) is 60.7 Å². The van der Waals surface area contributed by atoms with Gasteiger partial charge in [-0.3, -0.25) is 9.69 Å². The molecule has 1 aliphatic carbocycles. The molecule has 2 N–H and O–H groups in total. The summed E-state index contributed by atoms with van der Waals surface area (Å²) >= 11 is 0. The highest BCUT2D eigenvalue weighted by Gasteiger charge is 2.33. The molecule has 0 saturated heterocycles. The molecule has 3 aromatic rings. The lowest BCUT2D eigenvalue weighted by Crippen LogP contribution is -2.42. The fourth-order valence-electron chi connectivity index (χ4n) is 5.48. The number of carbonyl (C=O) groups is 3. The summed E-state index contributed by atoms with van der Waals surface area (Å²) in [7, 11) is 0. The van der Waals surface area contributed by atoms with Crippen LogP contribution in [0.4, 0.5) is 4.79 Å². The van der Waals surface area contributed by atoms with Crippen LogP contribution >= 0.6 is 0 Å². The minimum Gasteiger partial charge on any atom is -0.476 e. The summed E-state index contributed by atoms with van der Waals surface area (Å²) in [4.78, 5) is 40.1. The Morgan fingerprint density at radius 2 is 1.52 bits per heavy atom. The molecule has 0 aromatic heterocycles. The highest BCUT2D eigenvalue weighted by atomic mass is 16.6. The average Bonchev–Trinajstić information content (AvgIpc) is 3.30. The molecule has 234 valence electrons. The van der Waals surface area contributed by atoms with E-state index < -0.39 is 29.7 Å². The third-order valence-corrected chi connectivity index (χ3v) is 7.54. The Bertz CT molecular complexity index is 1450. The van der Waals surface area contributed by atoms with Gasteiger partial charge in [-0.15, -0.1) is 0 Å². The van der Waals surface area contributed by atoms with Crippen molar-refractivity contribution < 1.29 is 33.7 Å². The van der Waals surface area contributed by atoms with Gasteiger partial charge in [-0.2, -0.15) is 0 Å². The van der Waals surface area contributed by atoms with E-state index in [-0.39, 0.29) is 38.8 Å². The van der Waals surface area contributed by atoms with Crippen molar-refractivity contribution in [1.82, 2.24) is 10.2 Å². The number of carbonyl (C=O) groups excluding carboxylic acids is 3. The van der Waals surface area contributed by atoms with Crippen molar-refractivity contribution in [2.75, 3.05) is 26.3 Å². The monoisotopic (exact) mass is 602 g/mol. The van der Waals surface area contributed by atoms with E-state index in [0.29, 0.717) is 5.75 Å². The number of aliphatic hydroxyl groups is 1. The van der Waals surface area contributed by atoms with Crippen molar-refractivity contribution >= 4 is 18.0 Å². The molecular formula is C35H42N2O7. The number of esters is 1. The maximum atomic E-state index is 13.6. The number of nitrogens with zero attached hydrogens (tertiary/aromatic N) is 1. The molecule has 0 fully saturated rings. The standard InChI is InChI=1S/C35H42N2O7/c1-7-42-33(40)35(5,6)44-32-22(2)16-25(17-23(32)3)19-37(20-31(39)36-18-24(4)38)34(41)43-21-30-28-14-10-8-12-26(28)27-13-9-11-15-29(27)30/h8-17,24,30,38H,7,18-21H2,1-6H3,(H,36,39). The lowest BCUT2D eigenvalue weighted by atomic mass is 9.98. The number of rotatable bonds is 12. The second-order valence-electron chi connectivity index (χ2n) is 11.7. The minimum absolute atomic E-state index is 0.0673. The molecule has 1 unspecified atom stereocenters. The third-order valence-electron chi connectivity index (χ3n) is 7.54. The van der Waals surface area contributed by atoms with Crippen LogP contribution < -0.4 is 10.1 Å². The van der Waals surface area contributed by atoms with Gasteiger partial charge in [0.1, 0.15) is 18.9 Å². The molecule has 4 rings (SSSR count). The highest BCUT2D eigenvalue weighted by Crippen LogP contribution is 2.44. The topological polar surface area (TPSA) is 114 Å². The van der Waals surface area contributed by atoms with E-state index in [1.165, 1.54) is 4.90 Å². The van der Waals surface area contributed by atoms with Crippen LogP contribution in [0, 0.1) is 13.8 Å². The van der Waals surface area contributed by atoms with Crippen LogP contribution in [-0.2, 0) is 25.6 Å². The van der Waals surface area contributed by atoms with Crippen LogP contribution in [0.2, 0.25) is 0 Å². The first-order chi connectivity index (χ1) is 20.9. The number of hydrogen-bond acceptors (Lipinski definition) is 7. The van der Waals surface area contributed by atoms with Gasteiger partial charge in [0.15, 0.2) is 5.60 Å². The zero-order chi connectivity index (χ0) is 32.0. The first-order valence-electron chi connectivity index (χ1n) is 14.9. The second kappa shape index (κ2) is 13.9. The number of ether oxygens (including phenoxy) is 3. The van der Waals surface area contributed by atoms with Gasteiger partial charge < -0.3 is 24.6 Å². The largest absolute Gasteiger partial charge is 0.476 e. The van der Waals surface area contributed by atoms with E-state index >= 15 is 0 Å². The van der Waals surface area contributed by atoms with Crippen molar-refractivity contribution in [3.63, 3.8) is 0 Å². The Hall–Kier alpha value is -4.37. The van der Waals surface area contributed by atoms with Crippen molar-refractivity contribution in [2.45, 2.75) is 65.7 Å². The maximum absolute atomic E-state index is 13.6. The van der Waals surface area contributed by atoms with Gasteiger partial charge in [0.25, 0.3) is 0 Å². The third kappa shape index (κ3) is 7.58. The van der Waals surface area contributed by atoms with Crippen LogP contribution in [0.15, 0.2) is 60.7 Å². The van der Waals surface area contributed by atoms with Gasteiger partial charge in [-0.05, 0) is 80.5 Å². The van der Waals surface area contributed by atoms with E-state index in [1.54, 1.807) is 27.7 Å². The summed E-state index contributed by atoms with van der Waals surface area (Å²) < 4.78 is 17.1. The number of fused-ring (bicyclic) bond motifs is 3. The SMILES string of the molecule is CCOC(=O)C(C)(C)Oc1c(C)cc(CN(CC(=O)NCC(C)O)C(=O)OCC2c3ccccc3-c3ccccc32)cc1C. The Morgan fingerprint density at radius 3 is 2.07 bits per heavy atom. The lowest BCUT2D eigenvalue weighted by molar-refractivity contribution is -0.158. The van der Waals surface area contributed by atoms with Crippen LogP contribution in [-0.4, -0.2) is 66.0 Å². The Labute approximate surface area is 259 Å². The highest BCUT2D eigenvalue weighted by molar-refractivity contribution is 5.83. The second-order valence-corrected chi connectivity index (χ2v) is 11.7. The van der Waals surface area contributed by atoms with Crippen molar-refractivity contribution in [3.05, 3.63) is 88.5 Å². The number of aryl methyl sites for hydroxylation is 2. The fourth-order valence-corrected chi connectivity index (χ4v) is 5.48. The molecule has 3 aromatic carbocycles. The molecule has 0 spiro atoms. The molecule has 0 bridgehead atoms. The van der Waals surface area contributed by atoms with Crippen molar-refractivity contribution in [3.8, 4) is 16.9 Å². The molecular weight excluding hydrogens is 560 g/mol. The van der Waals surface area contributed by atoms with Crippen LogP contribution in [0.3, 0.4) is 0 Å². The van der Waals surface area contributed by atoms with Gasteiger partial charge in [0.05, 0.1) is 12.7 Å². The number of hydrogen-bond donors (Lipinski definition) is 2. The quantitative estimate of drug-likeness (QED) is 0.272. The normalized spacial score (nSPS) is 13.0. The molecule has 1 aliphatic rings. The molecule has 0 aliphatic heterocycles. The molecule has 0 heterocycles. The number of amides is 2. The summed E-state index contributed by atoms with van der Waals surface area (Å²) in [5, 5.41) is 12.3. The molecule has 44 heavy (non-hydrogen) atoms. The average molecular weight is 603 g/mol. The maximum Gasteiger partial charge on any atom is 0.410 e.